The lowest BCUT2D eigenvalue weighted by molar-refractivity contribution is -0.193. The Hall–Kier alpha value is -3.89. The highest BCUT2D eigenvalue weighted by Gasteiger charge is 2.39. The van der Waals surface area contributed by atoms with Crippen LogP contribution < -0.4 is 4.74 Å². The van der Waals surface area contributed by atoms with Gasteiger partial charge in [-0.15, -0.1) is 0 Å². The molecule has 1 fully saturated rings. The molecule has 0 aromatic carbocycles. The molecule has 2 aliphatic rings. The van der Waals surface area contributed by atoms with Gasteiger partial charge in [-0.25, -0.2) is 14.6 Å². The van der Waals surface area contributed by atoms with Gasteiger partial charge in [-0.2, -0.15) is 26.3 Å². The van der Waals surface area contributed by atoms with Gasteiger partial charge in [0.05, 0.1) is 24.7 Å². The number of piperidine rings is 1. The van der Waals surface area contributed by atoms with Crippen molar-refractivity contribution in [2.45, 2.75) is 52.1 Å². The smallest absolute Gasteiger partial charge is 0.490 e. The number of nitrogens with zero attached hydrogens (tertiary/aromatic N) is 4. The molecule has 42 heavy (non-hydrogen) atoms. The fourth-order valence-corrected chi connectivity index (χ4v) is 4.30. The summed E-state index contributed by atoms with van der Waals surface area (Å²) < 4.78 is 74.5. The third-order valence-electron chi connectivity index (χ3n) is 6.05. The van der Waals surface area contributed by atoms with E-state index in [0.29, 0.717) is 18.4 Å². The Labute approximate surface area is 236 Å². The number of amides is 1. The molecule has 234 valence electrons. The van der Waals surface area contributed by atoms with Crippen molar-refractivity contribution in [1.82, 2.24) is 19.8 Å². The molecule has 2 unspecified atom stereocenters. The number of carbonyl (C=O) groups is 3. The maximum absolute atomic E-state index is 12.9. The van der Waals surface area contributed by atoms with Gasteiger partial charge in [-0.1, -0.05) is 13.8 Å². The first-order valence-electron chi connectivity index (χ1n) is 12.5. The van der Waals surface area contributed by atoms with E-state index in [0.717, 1.165) is 55.5 Å². The SMILES string of the molecule is COc1ccc(CN2CCc3oc(C(=O)N4CC(C)CC(C)C4)nc3C2)nc1.O=C(O)C(F)(F)F.O=C(O)C(F)(F)F. The highest BCUT2D eigenvalue weighted by atomic mass is 19.4. The topological polar surface area (TPSA) is 146 Å². The number of rotatable bonds is 4. The monoisotopic (exact) mass is 612 g/mol. The van der Waals surface area contributed by atoms with Crippen LogP contribution in [0.1, 0.15) is 48.1 Å². The minimum Gasteiger partial charge on any atom is -0.495 e. The summed E-state index contributed by atoms with van der Waals surface area (Å²) in [5.74, 6) is -2.70. The number of methoxy groups -OCH3 is 1. The van der Waals surface area contributed by atoms with Crippen LogP contribution in [-0.2, 0) is 29.1 Å². The zero-order chi connectivity index (χ0) is 31.8. The van der Waals surface area contributed by atoms with E-state index >= 15 is 0 Å². The average Bonchev–Trinajstić information content (AvgIpc) is 3.31. The second-order valence-corrected chi connectivity index (χ2v) is 9.80. The highest BCUT2D eigenvalue weighted by molar-refractivity contribution is 5.89. The van der Waals surface area contributed by atoms with E-state index in [-0.39, 0.29) is 11.8 Å². The van der Waals surface area contributed by atoms with Crippen LogP contribution in [0.4, 0.5) is 26.3 Å². The summed E-state index contributed by atoms with van der Waals surface area (Å²) in [5, 5.41) is 14.2. The lowest BCUT2D eigenvalue weighted by Gasteiger charge is -2.34. The minimum absolute atomic E-state index is 0.0730. The summed E-state index contributed by atoms with van der Waals surface area (Å²) in [7, 11) is 1.64. The molecule has 1 amide bonds. The Morgan fingerprint density at radius 3 is 2.02 bits per heavy atom. The van der Waals surface area contributed by atoms with Gasteiger partial charge < -0.3 is 24.3 Å². The molecule has 0 radical (unpaired) electrons. The van der Waals surface area contributed by atoms with Crippen LogP contribution in [0, 0.1) is 11.8 Å². The normalized spacial score (nSPS) is 18.9. The largest absolute Gasteiger partial charge is 0.495 e. The molecule has 2 aromatic heterocycles. The van der Waals surface area contributed by atoms with Crippen molar-refractivity contribution in [3.05, 3.63) is 41.4 Å². The number of carboxylic acid groups (broad SMARTS) is 2. The van der Waals surface area contributed by atoms with Gasteiger partial charge in [0.25, 0.3) is 5.89 Å². The van der Waals surface area contributed by atoms with Crippen molar-refractivity contribution in [3.63, 3.8) is 0 Å². The van der Waals surface area contributed by atoms with Gasteiger partial charge in [0.15, 0.2) is 0 Å². The number of alkyl halides is 6. The van der Waals surface area contributed by atoms with Gasteiger partial charge in [-0.05, 0) is 30.4 Å². The van der Waals surface area contributed by atoms with Crippen LogP contribution in [0.5, 0.6) is 5.75 Å². The number of halogens is 6. The number of pyridine rings is 1. The van der Waals surface area contributed by atoms with Crippen LogP contribution >= 0.6 is 0 Å². The zero-order valence-corrected chi connectivity index (χ0v) is 22.8. The predicted molar refractivity (Wildman–Crippen MR) is 131 cm³/mol. The molecule has 0 spiro atoms. The molecule has 2 aliphatic heterocycles. The fourth-order valence-electron chi connectivity index (χ4n) is 4.30. The lowest BCUT2D eigenvalue weighted by Crippen LogP contribution is -2.42. The van der Waals surface area contributed by atoms with Gasteiger partial charge in [-0.3, -0.25) is 14.7 Å². The van der Waals surface area contributed by atoms with Crippen molar-refractivity contribution >= 4 is 17.8 Å². The Balaban J connectivity index is 0.000000367. The predicted octanol–water partition coefficient (Wildman–Crippen LogP) is 4.02. The summed E-state index contributed by atoms with van der Waals surface area (Å²) in [6, 6.07) is 3.90. The third kappa shape index (κ3) is 10.5. The molecule has 4 rings (SSSR count). The van der Waals surface area contributed by atoms with Crippen LogP contribution in [-0.4, -0.2) is 86.9 Å². The molecule has 0 saturated carbocycles. The third-order valence-corrected chi connectivity index (χ3v) is 6.05. The molecule has 1 saturated heterocycles. The second kappa shape index (κ2) is 14.3. The first-order valence-corrected chi connectivity index (χ1v) is 12.5. The molecule has 2 aromatic rings. The first kappa shape index (κ1) is 34.3. The molecule has 0 aliphatic carbocycles. The summed E-state index contributed by atoms with van der Waals surface area (Å²) >= 11 is 0. The Kier molecular flexibility index (Phi) is 11.7. The van der Waals surface area contributed by atoms with Crippen molar-refractivity contribution in [2.75, 3.05) is 26.7 Å². The van der Waals surface area contributed by atoms with Gasteiger partial charge >= 0.3 is 30.2 Å². The second-order valence-electron chi connectivity index (χ2n) is 9.80. The van der Waals surface area contributed by atoms with Gasteiger partial charge in [0.1, 0.15) is 11.5 Å². The molecule has 2 atom stereocenters. The standard InChI is InChI=1S/C21H28N4O3.2C2HF3O2/c1-14-8-15(2)11-25(10-14)21(26)20-23-18-13-24(7-6-19(18)28-20)12-16-4-5-17(27-3)9-22-16;2*3-2(4,5)1(6)7/h4-5,9,14-15H,6-8,10-13H2,1-3H3;2*(H,6,7). The van der Waals surface area contributed by atoms with Crippen LogP contribution in [0.25, 0.3) is 0 Å². The van der Waals surface area contributed by atoms with E-state index in [1.165, 1.54) is 6.42 Å². The molecular formula is C25H30F6N4O7. The van der Waals surface area contributed by atoms with E-state index in [1.54, 1.807) is 13.3 Å². The van der Waals surface area contributed by atoms with E-state index < -0.39 is 24.3 Å². The maximum atomic E-state index is 12.9. The zero-order valence-electron chi connectivity index (χ0n) is 22.8. The van der Waals surface area contributed by atoms with Crippen molar-refractivity contribution in [1.29, 1.82) is 0 Å². The number of aliphatic carboxylic acids is 2. The van der Waals surface area contributed by atoms with Gasteiger partial charge in [0.2, 0.25) is 0 Å². The first-order chi connectivity index (χ1) is 19.4. The lowest BCUT2D eigenvalue weighted by atomic mass is 9.92. The number of hydrogen-bond donors (Lipinski definition) is 2. The number of likely N-dealkylation sites (tertiary alicyclic amines) is 1. The minimum atomic E-state index is -5.08. The highest BCUT2D eigenvalue weighted by Crippen LogP contribution is 2.25. The quantitative estimate of drug-likeness (QED) is 0.486. The molecular weight excluding hydrogens is 582 g/mol. The molecule has 2 N–H and O–H groups in total. The van der Waals surface area contributed by atoms with E-state index in [2.05, 4.69) is 28.7 Å². The van der Waals surface area contributed by atoms with Crippen LogP contribution in [0.2, 0.25) is 0 Å². The van der Waals surface area contributed by atoms with Crippen molar-refractivity contribution in [2.24, 2.45) is 11.8 Å². The summed E-state index contributed by atoms with van der Waals surface area (Å²) in [4.78, 5) is 43.8. The van der Waals surface area contributed by atoms with Gasteiger partial charge in [0, 0.05) is 39.1 Å². The van der Waals surface area contributed by atoms with E-state index in [1.807, 2.05) is 17.0 Å². The molecule has 11 nitrogen and oxygen atoms in total. The Morgan fingerprint density at radius 1 is 1.02 bits per heavy atom. The van der Waals surface area contributed by atoms with E-state index in [4.69, 9.17) is 29.0 Å². The van der Waals surface area contributed by atoms with E-state index in [9.17, 15) is 31.1 Å². The molecule has 17 heteroatoms. The van der Waals surface area contributed by atoms with Crippen molar-refractivity contribution in [3.8, 4) is 5.75 Å². The number of carboxylic acids is 2. The number of fused-ring (bicyclic) bond motifs is 1. The van der Waals surface area contributed by atoms with Crippen LogP contribution in [0.15, 0.2) is 22.7 Å². The molecule has 0 bridgehead atoms. The number of ether oxygens (including phenoxy) is 1. The Bertz CT molecular complexity index is 1180. The average molecular weight is 613 g/mol. The maximum Gasteiger partial charge on any atom is 0.490 e. The summed E-state index contributed by atoms with van der Waals surface area (Å²) in [6.07, 6.45) is -6.50. The summed E-state index contributed by atoms with van der Waals surface area (Å²) in [5.41, 5.74) is 1.86. The fraction of sp³-hybridized carbons (Fsp3) is 0.560. The number of oxazole rings is 1. The number of aromatic nitrogens is 2. The molecule has 4 heterocycles. The summed E-state index contributed by atoms with van der Waals surface area (Å²) in [6.45, 7) is 8.23. The Morgan fingerprint density at radius 2 is 1.57 bits per heavy atom. The number of hydrogen-bond acceptors (Lipinski definition) is 8. The number of carbonyl (C=O) groups excluding carboxylic acids is 1. The van der Waals surface area contributed by atoms with Crippen molar-refractivity contribution < 1.29 is 60.1 Å². The van der Waals surface area contributed by atoms with Crippen LogP contribution in [0.3, 0.4) is 0 Å².